The van der Waals surface area contributed by atoms with Crippen LogP contribution >= 0.6 is 0 Å². The highest BCUT2D eigenvalue weighted by molar-refractivity contribution is 5.68. The lowest BCUT2D eigenvalue weighted by atomic mass is 10.0. The number of ether oxygens (including phenoxy) is 5. The Morgan fingerprint density at radius 2 is 1.65 bits per heavy atom. The third-order valence-corrected chi connectivity index (χ3v) is 4.27. The van der Waals surface area contributed by atoms with Crippen LogP contribution in [0.25, 0.3) is 0 Å². The van der Waals surface area contributed by atoms with E-state index >= 15 is 0 Å². The Labute approximate surface area is 178 Å². The summed E-state index contributed by atoms with van der Waals surface area (Å²) in [6.45, 7) is 3.68. The maximum Gasteiger partial charge on any atom is 0.303 e. The molecule has 0 saturated carbocycles. The van der Waals surface area contributed by atoms with Gasteiger partial charge in [-0.15, -0.1) is 5.10 Å². The number of rotatable bonds is 7. The van der Waals surface area contributed by atoms with E-state index < -0.39 is 42.4 Å². The molecule has 11 heteroatoms. The third-order valence-electron chi connectivity index (χ3n) is 4.27. The van der Waals surface area contributed by atoms with Crippen LogP contribution in [-0.4, -0.2) is 57.8 Å². The van der Waals surface area contributed by atoms with E-state index in [1.165, 1.54) is 25.5 Å². The van der Waals surface area contributed by atoms with Gasteiger partial charge in [0, 0.05) is 20.8 Å². The zero-order chi connectivity index (χ0) is 22.4. The van der Waals surface area contributed by atoms with Crippen molar-refractivity contribution < 1.29 is 38.1 Å². The van der Waals surface area contributed by atoms with Gasteiger partial charge in [0.1, 0.15) is 18.1 Å². The minimum atomic E-state index is -1.12. The van der Waals surface area contributed by atoms with Crippen molar-refractivity contribution in [1.29, 1.82) is 0 Å². The highest BCUT2D eigenvalue weighted by Crippen LogP contribution is 2.30. The number of para-hydroxylation sites is 1. The van der Waals surface area contributed by atoms with Crippen LogP contribution in [0.2, 0.25) is 0 Å². The predicted molar refractivity (Wildman–Crippen MR) is 102 cm³/mol. The lowest BCUT2D eigenvalue weighted by Crippen LogP contribution is -2.55. The number of hydrogen-bond donors (Lipinski definition) is 0. The molecule has 31 heavy (non-hydrogen) atoms. The number of hydrogen-bond acceptors (Lipinski definition) is 10. The van der Waals surface area contributed by atoms with Crippen LogP contribution < -0.4 is 4.74 Å². The van der Waals surface area contributed by atoms with E-state index in [2.05, 4.69) is 10.3 Å². The number of carbonyl (C=O) groups is 3. The van der Waals surface area contributed by atoms with E-state index in [-0.39, 0.29) is 13.2 Å². The first-order valence-electron chi connectivity index (χ1n) is 9.55. The highest BCUT2D eigenvalue weighted by Gasteiger charge is 2.48. The summed E-state index contributed by atoms with van der Waals surface area (Å²) in [6, 6.07) is 9.19. The van der Waals surface area contributed by atoms with Crippen molar-refractivity contribution in [3.63, 3.8) is 0 Å². The molecule has 1 aromatic heterocycles. The molecule has 2 aromatic rings. The Hall–Kier alpha value is -3.47. The minimum Gasteiger partial charge on any atom is -0.487 e. The minimum absolute atomic E-state index is 0.102. The molecule has 0 aliphatic carbocycles. The molecule has 0 unspecified atom stereocenters. The Balaban J connectivity index is 1.79. The van der Waals surface area contributed by atoms with Crippen LogP contribution in [0, 0.1) is 0 Å². The summed E-state index contributed by atoms with van der Waals surface area (Å²) in [5, 5.41) is 8.08. The highest BCUT2D eigenvalue weighted by atomic mass is 16.6. The fraction of sp³-hybridized carbons (Fsp3) is 0.450. The van der Waals surface area contributed by atoms with E-state index in [4.69, 9.17) is 23.7 Å². The second kappa shape index (κ2) is 10.0. The summed E-state index contributed by atoms with van der Waals surface area (Å²) in [6.07, 6.45) is -2.55. The van der Waals surface area contributed by atoms with Crippen LogP contribution in [0.1, 0.15) is 32.7 Å². The molecule has 0 amide bonds. The van der Waals surface area contributed by atoms with Gasteiger partial charge in [0.05, 0.1) is 12.8 Å². The van der Waals surface area contributed by atoms with Gasteiger partial charge in [0.15, 0.2) is 24.5 Å². The quantitative estimate of drug-likeness (QED) is 0.464. The SMILES string of the molecule is CC(=O)O[C@@H]1[C@@H](OC(C)=O)[C@@H](n2cc(COc3ccccc3)nn2)OC[C@H]1OC(C)=O. The van der Waals surface area contributed by atoms with Crippen LogP contribution in [-0.2, 0) is 39.9 Å². The average molecular weight is 433 g/mol. The van der Waals surface area contributed by atoms with Gasteiger partial charge in [-0.25, -0.2) is 4.68 Å². The van der Waals surface area contributed by atoms with Crippen molar-refractivity contribution in [3.05, 3.63) is 42.2 Å². The molecule has 2 heterocycles. The van der Waals surface area contributed by atoms with Crippen molar-refractivity contribution >= 4 is 17.9 Å². The van der Waals surface area contributed by atoms with Crippen molar-refractivity contribution in [2.24, 2.45) is 0 Å². The second-order valence-corrected chi connectivity index (χ2v) is 6.81. The molecule has 0 radical (unpaired) electrons. The van der Waals surface area contributed by atoms with Crippen LogP contribution in [0.5, 0.6) is 5.75 Å². The normalized spacial score (nSPS) is 22.9. The zero-order valence-electron chi connectivity index (χ0n) is 17.3. The summed E-state index contributed by atoms with van der Waals surface area (Å²) >= 11 is 0. The molecule has 0 spiro atoms. The Morgan fingerprint density at radius 1 is 1.00 bits per heavy atom. The topological polar surface area (TPSA) is 128 Å². The van der Waals surface area contributed by atoms with E-state index in [0.29, 0.717) is 11.4 Å². The van der Waals surface area contributed by atoms with Gasteiger partial charge < -0.3 is 23.7 Å². The lowest BCUT2D eigenvalue weighted by Gasteiger charge is -2.40. The van der Waals surface area contributed by atoms with Crippen molar-refractivity contribution in [1.82, 2.24) is 15.0 Å². The van der Waals surface area contributed by atoms with Gasteiger partial charge in [-0.1, -0.05) is 23.4 Å². The summed E-state index contributed by atoms with van der Waals surface area (Å²) in [5.41, 5.74) is 0.500. The largest absolute Gasteiger partial charge is 0.487 e. The molecule has 11 nitrogen and oxygen atoms in total. The molecule has 1 saturated heterocycles. The number of nitrogens with zero attached hydrogens (tertiary/aromatic N) is 3. The monoisotopic (exact) mass is 433 g/mol. The number of carbonyl (C=O) groups excluding carboxylic acids is 3. The summed E-state index contributed by atoms with van der Waals surface area (Å²) in [4.78, 5) is 34.8. The first kappa shape index (κ1) is 22.2. The van der Waals surface area contributed by atoms with Crippen LogP contribution in [0.15, 0.2) is 36.5 Å². The van der Waals surface area contributed by atoms with E-state index in [1.807, 2.05) is 30.3 Å². The Morgan fingerprint density at radius 3 is 2.29 bits per heavy atom. The summed E-state index contributed by atoms with van der Waals surface area (Å²) in [7, 11) is 0. The fourth-order valence-corrected chi connectivity index (χ4v) is 3.13. The van der Waals surface area contributed by atoms with Crippen LogP contribution in [0.3, 0.4) is 0 Å². The molecule has 3 rings (SSSR count). The molecular formula is C20H23N3O8. The average Bonchev–Trinajstić information content (AvgIpc) is 3.17. The number of esters is 3. The molecule has 1 aliphatic rings. The van der Waals surface area contributed by atoms with E-state index in [1.54, 1.807) is 6.20 Å². The predicted octanol–water partition coefficient (Wildman–Crippen LogP) is 1.18. The fourth-order valence-electron chi connectivity index (χ4n) is 3.13. The van der Waals surface area contributed by atoms with Crippen LogP contribution in [0.4, 0.5) is 0 Å². The smallest absolute Gasteiger partial charge is 0.303 e. The van der Waals surface area contributed by atoms with E-state index in [0.717, 1.165) is 0 Å². The van der Waals surface area contributed by atoms with Gasteiger partial charge in [0.2, 0.25) is 0 Å². The molecule has 1 aliphatic heterocycles. The third kappa shape index (κ3) is 6.01. The molecule has 0 bridgehead atoms. The maximum atomic E-state index is 11.7. The zero-order valence-corrected chi connectivity index (χ0v) is 17.3. The number of aromatic nitrogens is 3. The van der Waals surface area contributed by atoms with Gasteiger partial charge >= 0.3 is 17.9 Å². The van der Waals surface area contributed by atoms with E-state index in [9.17, 15) is 14.4 Å². The Kier molecular flexibility index (Phi) is 7.19. The second-order valence-electron chi connectivity index (χ2n) is 6.81. The van der Waals surface area contributed by atoms with Gasteiger partial charge in [-0.05, 0) is 12.1 Å². The molecular weight excluding hydrogens is 410 g/mol. The lowest BCUT2D eigenvalue weighted by molar-refractivity contribution is -0.241. The van der Waals surface area contributed by atoms with Gasteiger partial charge in [-0.3, -0.25) is 14.4 Å². The molecule has 1 fully saturated rings. The molecule has 0 N–H and O–H groups in total. The molecule has 1 aromatic carbocycles. The first-order valence-corrected chi connectivity index (χ1v) is 9.55. The van der Waals surface area contributed by atoms with Crippen molar-refractivity contribution in [3.8, 4) is 5.75 Å². The van der Waals surface area contributed by atoms with Gasteiger partial charge in [0.25, 0.3) is 0 Å². The number of benzene rings is 1. The summed E-state index contributed by atoms with van der Waals surface area (Å²) < 4.78 is 28.6. The first-order chi connectivity index (χ1) is 14.8. The van der Waals surface area contributed by atoms with Crippen molar-refractivity contribution in [2.75, 3.05) is 6.61 Å². The molecule has 166 valence electrons. The maximum absolute atomic E-state index is 11.7. The van der Waals surface area contributed by atoms with Gasteiger partial charge in [-0.2, -0.15) is 0 Å². The summed E-state index contributed by atoms with van der Waals surface area (Å²) in [5.74, 6) is -1.18. The molecule has 4 atom stereocenters. The van der Waals surface area contributed by atoms with Crippen molar-refractivity contribution in [2.45, 2.75) is 51.9 Å². The Bertz CT molecular complexity index is 916. The standard InChI is InChI=1S/C20H23N3O8/c1-12(24)29-17-11-28-20(19(31-14(3)26)18(17)30-13(2)25)23-9-15(21-22-23)10-27-16-7-5-4-6-8-16/h4-9,17-20H,10-11H2,1-3H3/t17-,18+,19-,20+/m1/s1.